The van der Waals surface area contributed by atoms with Crippen molar-refractivity contribution in [2.45, 2.75) is 50.5 Å². The third kappa shape index (κ3) is 4.22. The minimum Gasteiger partial charge on any atom is -0.394 e. The Kier molecular flexibility index (Phi) is 5.27. The van der Waals surface area contributed by atoms with Crippen LogP contribution in [0, 0.1) is 5.92 Å². The van der Waals surface area contributed by atoms with Crippen LogP contribution in [0.4, 0.5) is 0 Å². The smallest absolute Gasteiger partial charge is 0.225 e. The summed E-state index contributed by atoms with van der Waals surface area (Å²) in [5, 5.41) is 12.6. The number of hydrogen-bond acceptors (Lipinski definition) is 4. The van der Waals surface area contributed by atoms with Crippen molar-refractivity contribution >= 4 is 11.8 Å². The van der Waals surface area contributed by atoms with Crippen LogP contribution in [-0.2, 0) is 27.3 Å². The Labute approximate surface area is 159 Å². The summed E-state index contributed by atoms with van der Waals surface area (Å²) < 4.78 is 5.88. The molecular formula is C21H26N2O4. The van der Waals surface area contributed by atoms with Gasteiger partial charge in [0.25, 0.3) is 0 Å². The second-order valence-corrected chi connectivity index (χ2v) is 7.63. The van der Waals surface area contributed by atoms with E-state index in [1.54, 1.807) is 0 Å². The number of aliphatic hydroxyl groups excluding tert-OH is 1. The van der Waals surface area contributed by atoms with Crippen molar-refractivity contribution in [1.29, 1.82) is 0 Å². The molecule has 27 heavy (non-hydrogen) atoms. The lowest BCUT2D eigenvalue weighted by Crippen LogP contribution is -2.49. The highest BCUT2D eigenvalue weighted by Crippen LogP contribution is 2.29. The van der Waals surface area contributed by atoms with Gasteiger partial charge in [0.05, 0.1) is 25.2 Å². The zero-order valence-electron chi connectivity index (χ0n) is 15.3. The first-order valence-corrected chi connectivity index (χ1v) is 9.73. The highest BCUT2D eigenvalue weighted by atomic mass is 16.5. The summed E-state index contributed by atoms with van der Waals surface area (Å²) in [7, 11) is 0. The number of carbonyl (C=O) groups is 2. The molecule has 2 aliphatic heterocycles. The van der Waals surface area contributed by atoms with Crippen molar-refractivity contribution in [1.82, 2.24) is 10.2 Å². The molecule has 4 rings (SSSR count). The second-order valence-electron chi connectivity index (χ2n) is 7.63. The number of fused-ring (bicyclic) bond motifs is 1. The topological polar surface area (TPSA) is 78.9 Å². The summed E-state index contributed by atoms with van der Waals surface area (Å²) in [5.41, 5.74) is 2.51. The molecule has 2 heterocycles. The zero-order chi connectivity index (χ0) is 18.8. The van der Waals surface area contributed by atoms with Crippen LogP contribution in [0.25, 0.3) is 0 Å². The van der Waals surface area contributed by atoms with Gasteiger partial charge in [-0.25, -0.2) is 0 Å². The molecule has 3 atom stereocenters. The maximum absolute atomic E-state index is 12.7. The predicted molar refractivity (Wildman–Crippen MR) is 99.7 cm³/mol. The van der Waals surface area contributed by atoms with E-state index in [2.05, 4.69) is 17.4 Å². The Bertz CT molecular complexity index is 743. The quantitative estimate of drug-likeness (QED) is 0.763. The molecule has 3 aliphatic rings. The molecule has 1 saturated carbocycles. The molecule has 0 unspecified atom stereocenters. The fraction of sp³-hybridized carbons (Fsp3) is 0.524. The molecule has 144 valence electrons. The molecule has 0 saturated heterocycles. The SMILES string of the molecule is O=C(N[C@H]1C=C[C@H](CC(=O)N2CCc3ccccc3C2)O[C@@H]1CO)C1CC1. The third-order valence-corrected chi connectivity index (χ3v) is 5.58. The highest BCUT2D eigenvalue weighted by molar-refractivity contribution is 5.81. The van der Waals surface area contributed by atoms with Gasteiger partial charge in [0, 0.05) is 19.0 Å². The fourth-order valence-corrected chi connectivity index (χ4v) is 3.77. The van der Waals surface area contributed by atoms with E-state index < -0.39 is 6.10 Å². The lowest BCUT2D eigenvalue weighted by molar-refractivity contribution is -0.137. The maximum Gasteiger partial charge on any atom is 0.225 e. The van der Waals surface area contributed by atoms with E-state index >= 15 is 0 Å². The van der Waals surface area contributed by atoms with Crippen molar-refractivity contribution in [3.63, 3.8) is 0 Å². The molecule has 1 fully saturated rings. The molecule has 2 N–H and O–H groups in total. The molecule has 1 aromatic rings. The molecular weight excluding hydrogens is 344 g/mol. The van der Waals surface area contributed by atoms with Crippen LogP contribution in [-0.4, -0.2) is 53.2 Å². The molecule has 0 bridgehead atoms. The second kappa shape index (κ2) is 7.82. The van der Waals surface area contributed by atoms with Crippen LogP contribution in [0.1, 0.15) is 30.4 Å². The largest absolute Gasteiger partial charge is 0.394 e. The first-order valence-electron chi connectivity index (χ1n) is 9.73. The molecule has 6 heteroatoms. The number of ether oxygens (including phenoxy) is 1. The van der Waals surface area contributed by atoms with E-state index in [1.807, 2.05) is 29.2 Å². The van der Waals surface area contributed by atoms with Crippen molar-refractivity contribution in [2.24, 2.45) is 5.92 Å². The van der Waals surface area contributed by atoms with E-state index in [9.17, 15) is 14.7 Å². The lowest BCUT2D eigenvalue weighted by atomic mass is 9.99. The van der Waals surface area contributed by atoms with Crippen LogP contribution in [0.5, 0.6) is 0 Å². The first-order chi connectivity index (χ1) is 13.1. The molecule has 0 spiro atoms. The van der Waals surface area contributed by atoms with Crippen LogP contribution in [0.15, 0.2) is 36.4 Å². The molecule has 0 radical (unpaired) electrons. The predicted octanol–water partition coefficient (Wildman–Crippen LogP) is 1.17. The maximum atomic E-state index is 12.7. The van der Waals surface area contributed by atoms with Gasteiger partial charge in [0.15, 0.2) is 0 Å². The summed E-state index contributed by atoms with van der Waals surface area (Å²) in [6, 6.07) is 7.88. The summed E-state index contributed by atoms with van der Waals surface area (Å²) in [6.07, 6.45) is 5.79. The number of carbonyl (C=O) groups excluding carboxylic acids is 2. The van der Waals surface area contributed by atoms with E-state index in [1.165, 1.54) is 11.1 Å². The van der Waals surface area contributed by atoms with Gasteiger partial charge in [-0.05, 0) is 30.4 Å². The fourth-order valence-electron chi connectivity index (χ4n) is 3.77. The Morgan fingerprint density at radius 1 is 1.19 bits per heavy atom. The number of amides is 2. The number of hydrogen-bond donors (Lipinski definition) is 2. The van der Waals surface area contributed by atoms with Gasteiger partial charge in [-0.1, -0.05) is 36.4 Å². The average Bonchev–Trinajstić information content (AvgIpc) is 3.54. The molecule has 1 aromatic carbocycles. The Balaban J connectivity index is 1.34. The molecule has 0 aromatic heterocycles. The summed E-state index contributed by atoms with van der Waals surface area (Å²) >= 11 is 0. The summed E-state index contributed by atoms with van der Waals surface area (Å²) in [5.74, 6) is 0.184. The van der Waals surface area contributed by atoms with Gasteiger partial charge in [-0.3, -0.25) is 9.59 Å². The number of rotatable bonds is 5. The zero-order valence-corrected chi connectivity index (χ0v) is 15.3. The standard InChI is InChI=1S/C21H26N2O4/c24-13-19-18(22-21(26)15-5-6-15)8-7-17(27-19)11-20(25)23-10-9-14-3-1-2-4-16(14)12-23/h1-4,7-8,15,17-19,24H,5-6,9-13H2,(H,22,26)/t17-,18+,19-/m1/s1. The Morgan fingerprint density at radius 2 is 1.96 bits per heavy atom. The van der Waals surface area contributed by atoms with Crippen molar-refractivity contribution < 1.29 is 19.4 Å². The van der Waals surface area contributed by atoms with E-state index in [-0.39, 0.29) is 42.9 Å². The van der Waals surface area contributed by atoms with E-state index in [0.29, 0.717) is 6.54 Å². The molecule has 1 aliphatic carbocycles. The number of nitrogens with one attached hydrogen (secondary N) is 1. The van der Waals surface area contributed by atoms with Crippen LogP contribution in [0.3, 0.4) is 0 Å². The third-order valence-electron chi connectivity index (χ3n) is 5.58. The highest BCUT2D eigenvalue weighted by Gasteiger charge is 2.35. The average molecular weight is 370 g/mol. The van der Waals surface area contributed by atoms with Crippen LogP contribution < -0.4 is 5.32 Å². The van der Waals surface area contributed by atoms with Crippen molar-refractivity contribution in [3.05, 3.63) is 47.5 Å². The van der Waals surface area contributed by atoms with Gasteiger partial charge in [-0.15, -0.1) is 0 Å². The van der Waals surface area contributed by atoms with Gasteiger partial charge < -0.3 is 20.1 Å². The normalized spacial score (nSPS) is 27.1. The Morgan fingerprint density at radius 3 is 2.70 bits per heavy atom. The first kappa shape index (κ1) is 18.2. The number of benzene rings is 1. The summed E-state index contributed by atoms with van der Waals surface area (Å²) in [6.45, 7) is 1.16. The van der Waals surface area contributed by atoms with Crippen molar-refractivity contribution in [3.8, 4) is 0 Å². The minimum atomic E-state index is -0.516. The van der Waals surface area contributed by atoms with Gasteiger partial charge in [0.2, 0.25) is 11.8 Å². The van der Waals surface area contributed by atoms with Gasteiger partial charge in [-0.2, -0.15) is 0 Å². The number of aliphatic hydroxyl groups is 1. The summed E-state index contributed by atoms with van der Waals surface area (Å²) in [4.78, 5) is 26.5. The number of nitrogens with zero attached hydrogens (tertiary/aromatic N) is 1. The van der Waals surface area contributed by atoms with Crippen LogP contribution in [0.2, 0.25) is 0 Å². The van der Waals surface area contributed by atoms with Crippen molar-refractivity contribution in [2.75, 3.05) is 13.2 Å². The monoisotopic (exact) mass is 370 g/mol. The lowest BCUT2D eigenvalue weighted by Gasteiger charge is -2.34. The minimum absolute atomic E-state index is 0.0215. The van der Waals surface area contributed by atoms with Gasteiger partial charge >= 0.3 is 0 Å². The molecule has 2 amide bonds. The van der Waals surface area contributed by atoms with E-state index in [0.717, 1.165) is 25.8 Å². The Hall–Kier alpha value is -2.18. The molecule has 6 nitrogen and oxygen atoms in total. The van der Waals surface area contributed by atoms with E-state index in [4.69, 9.17) is 4.74 Å². The van der Waals surface area contributed by atoms with Gasteiger partial charge in [0.1, 0.15) is 6.10 Å². The van der Waals surface area contributed by atoms with Crippen LogP contribution >= 0.6 is 0 Å².